The lowest BCUT2D eigenvalue weighted by atomic mass is 9.77. The van der Waals surface area contributed by atoms with Crippen molar-refractivity contribution in [3.63, 3.8) is 0 Å². The molecule has 2 heterocycles. The van der Waals surface area contributed by atoms with Crippen molar-refractivity contribution < 1.29 is 23.6 Å². The van der Waals surface area contributed by atoms with Crippen molar-refractivity contribution in [1.29, 1.82) is 0 Å². The summed E-state index contributed by atoms with van der Waals surface area (Å²) in [5.41, 5.74) is 2.35. The van der Waals surface area contributed by atoms with Crippen LogP contribution in [-0.4, -0.2) is 23.1 Å². The molecule has 2 aliphatic rings. The van der Waals surface area contributed by atoms with Gasteiger partial charge >= 0.3 is 0 Å². The molecule has 6 rings (SSSR count). The van der Waals surface area contributed by atoms with Crippen LogP contribution in [0.4, 0.5) is 0 Å². The monoisotopic (exact) mass is 526 g/mol. The minimum absolute atomic E-state index is 0.580. The van der Waals surface area contributed by atoms with E-state index in [1.54, 1.807) is 0 Å². The van der Waals surface area contributed by atoms with Gasteiger partial charge in [0, 0.05) is 10.9 Å². The Morgan fingerprint density at radius 1 is 0.605 bits per heavy atom. The summed E-state index contributed by atoms with van der Waals surface area (Å²) < 4.78 is 27.1. The van der Waals surface area contributed by atoms with Crippen molar-refractivity contribution in [2.75, 3.05) is 0 Å². The molecular formula is C32H31O5P. The Morgan fingerprint density at radius 2 is 1.08 bits per heavy atom. The van der Waals surface area contributed by atoms with Gasteiger partial charge in [0.05, 0.1) is 0 Å². The van der Waals surface area contributed by atoms with Gasteiger partial charge in [-0.3, -0.25) is 4.52 Å². The molecule has 194 valence electrons. The highest BCUT2D eigenvalue weighted by molar-refractivity contribution is 7.56. The molecule has 0 saturated carbocycles. The molecule has 2 unspecified atom stereocenters. The summed E-state index contributed by atoms with van der Waals surface area (Å²) in [5.74, 6) is -2.84. The van der Waals surface area contributed by atoms with Crippen LogP contribution in [0.15, 0.2) is 115 Å². The zero-order chi connectivity index (χ0) is 26.4. The first-order valence-corrected chi connectivity index (χ1v) is 14.0. The van der Waals surface area contributed by atoms with Gasteiger partial charge in [0.25, 0.3) is 0 Å². The van der Waals surface area contributed by atoms with Crippen LogP contribution in [0.1, 0.15) is 36.1 Å². The number of rotatable bonds is 4. The van der Waals surface area contributed by atoms with Gasteiger partial charge < -0.3 is 19.1 Å². The van der Waals surface area contributed by atoms with E-state index in [1.807, 2.05) is 136 Å². The fourth-order valence-electron chi connectivity index (χ4n) is 5.36. The molecule has 6 heteroatoms. The van der Waals surface area contributed by atoms with Gasteiger partial charge in [-0.2, -0.15) is 0 Å². The number of aryl methyl sites for hydroxylation is 1. The normalized spacial score (nSPS) is 27.8. The number of fused-ring (bicyclic) bond motifs is 1. The van der Waals surface area contributed by atoms with Gasteiger partial charge in [-0.1, -0.05) is 109 Å². The summed E-state index contributed by atoms with van der Waals surface area (Å²) in [6, 6.07) is 37.5. The first-order valence-electron chi connectivity index (χ1n) is 12.8. The standard InChI is InChI=1S/C32H31O5P/c1-23-19-21-27(22-20-23)38-36-31(24-13-7-4-8-14-24,25-15-9-5-10-16-25)28-29(35-30(2,3)34-28)32(33,37-38)26-17-11-6-12-18-26/h4-22,28-29,33H,1-3H3/t28-,29-,32?,38?/m1/s1. The third-order valence-corrected chi connectivity index (χ3v) is 8.79. The Kier molecular flexibility index (Phi) is 6.48. The second-order valence-corrected chi connectivity index (χ2v) is 11.7. The average molecular weight is 527 g/mol. The van der Waals surface area contributed by atoms with Crippen molar-refractivity contribution in [2.24, 2.45) is 0 Å². The van der Waals surface area contributed by atoms with E-state index in [1.165, 1.54) is 0 Å². The van der Waals surface area contributed by atoms with Gasteiger partial charge in [0.2, 0.25) is 14.2 Å². The second kappa shape index (κ2) is 9.69. The van der Waals surface area contributed by atoms with Gasteiger partial charge in [-0.25, -0.2) is 0 Å². The Morgan fingerprint density at radius 3 is 1.61 bits per heavy atom. The molecule has 38 heavy (non-hydrogen) atoms. The minimum atomic E-state index is -1.85. The smallest absolute Gasteiger partial charge is 0.228 e. The fraction of sp³-hybridized carbons (Fsp3) is 0.250. The Hall–Kier alpha value is -2.89. The largest absolute Gasteiger partial charge is 0.359 e. The fourth-order valence-corrected chi connectivity index (χ4v) is 7.04. The van der Waals surface area contributed by atoms with Gasteiger partial charge in [0.1, 0.15) is 12.2 Å². The molecule has 2 saturated heterocycles. The van der Waals surface area contributed by atoms with Crippen LogP contribution in [0.25, 0.3) is 0 Å². The average Bonchev–Trinajstić information content (AvgIpc) is 3.24. The van der Waals surface area contributed by atoms with Crippen molar-refractivity contribution in [3.8, 4) is 0 Å². The summed E-state index contributed by atoms with van der Waals surface area (Å²) >= 11 is 0. The molecule has 0 amide bonds. The van der Waals surface area contributed by atoms with Crippen LogP contribution in [-0.2, 0) is 29.9 Å². The molecule has 4 aromatic rings. The third-order valence-electron chi connectivity index (χ3n) is 7.17. The molecule has 1 N–H and O–H groups in total. The van der Waals surface area contributed by atoms with Crippen LogP contribution < -0.4 is 5.30 Å². The van der Waals surface area contributed by atoms with Crippen LogP contribution in [0.5, 0.6) is 0 Å². The third kappa shape index (κ3) is 4.30. The number of benzene rings is 4. The van der Waals surface area contributed by atoms with Crippen molar-refractivity contribution in [3.05, 3.63) is 138 Å². The van der Waals surface area contributed by atoms with Gasteiger partial charge in [-0.15, -0.1) is 0 Å². The highest BCUT2D eigenvalue weighted by atomic mass is 31.2. The van der Waals surface area contributed by atoms with Gasteiger partial charge in [0.15, 0.2) is 11.4 Å². The van der Waals surface area contributed by atoms with Gasteiger partial charge in [-0.05, 0) is 44.0 Å². The molecule has 0 radical (unpaired) electrons. The van der Waals surface area contributed by atoms with E-state index >= 15 is 0 Å². The summed E-state index contributed by atoms with van der Waals surface area (Å²) in [6.07, 6.45) is -1.65. The predicted molar refractivity (Wildman–Crippen MR) is 148 cm³/mol. The predicted octanol–water partition coefficient (Wildman–Crippen LogP) is 6.29. The summed E-state index contributed by atoms with van der Waals surface area (Å²) in [5, 5.41) is 13.4. The lowest BCUT2D eigenvalue weighted by Crippen LogP contribution is -2.53. The zero-order valence-electron chi connectivity index (χ0n) is 21.7. The minimum Gasteiger partial charge on any atom is -0.359 e. The lowest BCUT2D eigenvalue weighted by molar-refractivity contribution is -0.238. The number of hydrogen-bond donors (Lipinski definition) is 1. The SMILES string of the molecule is Cc1ccc(P2OC(O)(c3ccccc3)[C@@H]3OC(C)(C)O[C@H]3C(c3ccccc3)(c3ccccc3)O2)cc1. The molecule has 2 aliphatic heterocycles. The summed E-state index contributed by atoms with van der Waals surface area (Å²) in [7, 11) is -1.82. The highest BCUT2D eigenvalue weighted by Crippen LogP contribution is 2.62. The van der Waals surface area contributed by atoms with Crippen LogP contribution in [0, 0.1) is 6.92 Å². The van der Waals surface area contributed by atoms with E-state index in [0.717, 1.165) is 22.0 Å². The van der Waals surface area contributed by atoms with Crippen LogP contribution >= 0.6 is 8.38 Å². The number of ether oxygens (including phenoxy) is 2. The van der Waals surface area contributed by atoms with Crippen molar-refractivity contribution >= 4 is 13.7 Å². The van der Waals surface area contributed by atoms with E-state index in [2.05, 4.69) is 0 Å². The van der Waals surface area contributed by atoms with E-state index in [-0.39, 0.29) is 0 Å². The van der Waals surface area contributed by atoms with E-state index in [9.17, 15) is 5.11 Å². The second-order valence-electron chi connectivity index (χ2n) is 10.3. The van der Waals surface area contributed by atoms with Crippen molar-refractivity contribution in [1.82, 2.24) is 0 Å². The Labute approximate surface area is 224 Å². The molecule has 4 atom stereocenters. The molecule has 5 nitrogen and oxygen atoms in total. The number of aliphatic hydroxyl groups is 1. The van der Waals surface area contributed by atoms with E-state index < -0.39 is 37.8 Å². The maximum Gasteiger partial charge on any atom is 0.228 e. The molecule has 4 aromatic carbocycles. The quantitative estimate of drug-likeness (QED) is 0.317. The van der Waals surface area contributed by atoms with E-state index in [4.69, 9.17) is 18.5 Å². The maximum absolute atomic E-state index is 12.5. The zero-order valence-corrected chi connectivity index (χ0v) is 22.5. The molecule has 0 aliphatic carbocycles. The summed E-state index contributed by atoms with van der Waals surface area (Å²) in [4.78, 5) is 0. The Bertz CT molecular complexity index is 1340. The first-order chi connectivity index (χ1) is 18.3. The van der Waals surface area contributed by atoms with Crippen LogP contribution in [0.2, 0.25) is 0 Å². The Balaban J connectivity index is 1.65. The molecule has 2 fully saturated rings. The topological polar surface area (TPSA) is 57.2 Å². The highest BCUT2D eigenvalue weighted by Gasteiger charge is 2.66. The first kappa shape index (κ1) is 25.4. The van der Waals surface area contributed by atoms with Crippen molar-refractivity contribution in [2.45, 2.75) is 50.2 Å². The molecule has 0 aromatic heterocycles. The lowest BCUT2D eigenvalue weighted by Gasteiger charge is -2.40. The maximum atomic E-state index is 12.5. The summed E-state index contributed by atoms with van der Waals surface area (Å²) in [6.45, 7) is 5.76. The molecule has 0 bridgehead atoms. The molecular weight excluding hydrogens is 495 g/mol. The van der Waals surface area contributed by atoms with Crippen LogP contribution in [0.3, 0.4) is 0 Å². The number of hydrogen-bond acceptors (Lipinski definition) is 5. The molecule has 0 spiro atoms. The van der Waals surface area contributed by atoms with E-state index in [0.29, 0.717) is 5.56 Å².